The summed E-state index contributed by atoms with van der Waals surface area (Å²) in [7, 11) is 0. The molecule has 2 aromatic carbocycles. The number of hydrogen-bond donors (Lipinski definition) is 1. The van der Waals surface area contributed by atoms with Crippen molar-refractivity contribution < 1.29 is 18.7 Å². The molecule has 0 saturated carbocycles. The number of halogens is 1. The van der Waals surface area contributed by atoms with E-state index < -0.39 is 23.7 Å². The van der Waals surface area contributed by atoms with E-state index in [1.54, 1.807) is 44.2 Å². The summed E-state index contributed by atoms with van der Waals surface area (Å²) in [6.45, 7) is 3.41. The molecule has 0 aliphatic carbocycles. The Kier molecular flexibility index (Phi) is 6.45. The van der Waals surface area contributed by atoms with Gasteiger partial charge in [-0.1, -0.05) is 44.2 Å². The van der Waals surface area contributed by atoms with Gasteiger partial charge >= 0.3 is 5.97 Å². The minimum absolute atomic E-state index is 0.0820. The van der Waals surface area contributed by atoms with Crippen LogP contribution in [0.25, 0.3) is 0 Å². The number of hydrogen-bond acceptors (Lipinski definition) is 4. The Labute approximate surface area is 151 Å². The lowest BCUT2D eigenvalue weighted by Crippen LogP contribution is -2.45. The standard InChI is InChI=1S/C20H19FN2O3/c1-13(2)18(23-19(24)16-9-5-6-10-17(16)21)20(25)26-12-15-8-4-3-7-14(15)11-22/h3-10,13,18H,12H2,1-2H3,(H,23,24)/t18-/m0/s1. The second-order valence-electron chi connectivity index (χ2n) is 6.05. The van der Waals surface area contributed by atoms with E-state index in [1.807, 2.05) is 6.07 Å². The first-order valence-electron chi connectivity index (χ1n) is 8.14. The Balaban J connectivity index is 2.07. The quantitative estimate of drug-likeness (QED) is 0.808. The highest BCUT2D eigenvalue weighted by molar-refractivity contribution is 5.97. The predicted octanol–water partition coefficient (Wildman–Crippen LogP) is 3.20. The Hall–Kier alpha value is -3.20. The van der Waals surface area contributed by atoms with E-state index in [-0.39, 0.29) is 18.1 Å². The van der Waals surface area contributed by atoms with E-state index in [9.17, 15) is 14.0 Å². The minimum atomic E-state index is -0.934. The van der Waals surface area contributed by atoms with Crippen molar-refractivity contribution >= 4 is 11.9 Å². The van der Waals surface area contributed by atoms with E-state index in [0.29, 0.717) is 11.1 Å². The van der Waals surface area contributed by atoms with Crippen molar-refractivity contribution in [2.75, 3.05) is 0 Å². The highest BCUT2D eigenvalue weighted by Crippen LogP contribution is 2.13. The second-order valence-corrected chi connectivity index (χ2v) is 6.05. The molecule has 1 atom stereocenters. The van der Waals surface area contributed by atoms with Crippen LogP contribution in [0.15, 0.2) is 48.5 Å². The molecule has 2 rings (SSSR count). The van der Waals surface area contributed by atoms with Gasteiger partial charge in [-0.3, -0.25) is 4.79 Å². The molecule has 0 spiro atoms. The number of nitrogens with one attached hydrogen (secondary N) is 1. The maximum Gasteiger partial charge on any atom is 0.329 e. The summed E-state index contributed by atoms with van der Waals surface area (Å²) in [5.41, 5.74) is 0.851. The maximum absolute atomic E-state index is 13.7. The first kappa shape index (κ1) is 19.1. The first-order chi connectivity index (χ1) is 12.4. The van der Waals surface area contributed by atoms with Crippen LogP contribution in [0.5, 0.6) is 0 Å². The molecule has 0 saturated heterocycles. The van der Waals surface area contributed by atoms with Gasteiger partial charge in [-0.15, -0.1) is 0 Å². The Morgan fingerprint density at radius 3 is 2.46 bits per heavy atom. The minimum Gasteiger partial charge on any atom is -0.459 e. The van der Waals surface area contributed by atoms with E-state index >= 15 is 0 Å². The fourth-order valence-corrected chi connectivity index (χ4v) is 2.36. The van der Waals surface area contributed by atoms with Crippen LogP contribution in [-0.2, 0) is 16.1 Å². The number of nitriles is 1. The van der Waals surface area contributed by atoms with Gasteiger partial charge in [0.1, 0.15) is 18.5 Å². The van der Waals surface area contributed by atoms with Crippen LogP contribution in [-0.4, -0.2) is 17.9 Å². The first-order valence-corrected chi connectivity index (χ1v) is 8.14. The molecule has 134 valence electrons. The van der Waals surface area contributed by atoms with Crippen LogP contribution in [0.4, 0.5) is 4.39 Å². The van der Waals surface area contributed by atoms with Gasteiger partial charge < -0.3 is 10.1 Å². The monoisotopic (exact) mass is 354 g/mol. The van der Waals surface area contributed by atoms with Crippen molar-refractivity contribution in [3.8, 4) is 6.07 Å². The van der Waals surface area contributed by atoms with Gasteiger partial charge in [0.2, 0.25) is 0 Å². The number of esters is 1. The van der Waals surface area contributed by atoms with Crippen molar-refractivity contribution in [2.24, 2.45) is 5.92 Å². The van der Waals surface area contributed by atoms with E-state index in [2.05, 4.69) is 5.32 Å². The van der Waals surface area contributed by atoms with Crippen molar-refractivity contribution in [1.82, 2.24) is 5.32 Å². The van der Waals surface area contributed by atoms with Crippen LogP contribution < -0.4 is 5.32 Å². The summed E-state index contributed by atoms with van der Waals surface area (Å²) >= 11 is 0. The number of carbonyl (C=O) groups is 2. The lowest BCUT2D eigenvalue weighted by Gasteiger charge is -2.21. The molecule has 5 nitrogen and oxygen atoms in total. The predicted molar refractivity (Wildman–Crippen MR) is 93.4 cm³/mol. The molecule has 0 aliphatic rings. The third kappa shape index (κ3) is 4.67. The number of rotatable bonds is 6. The lowest BCUT2D eigenvalue weighted by atomic mass is 10.0. The molecule has 0 unspecified atom stereocenters. The molecular weight excluding hydrogens is 335 g/mol. The third-order valence-electron chi connectivity index (χ3n) is 3.83. The molecule has 6 heteroatoms. The number of nitrogens with zero attached hydrogens (tertiary/aromatic N) is 1. The summed E-state index contributed by atoms with van der Waals surface area (Å²) in [6, 6.07) is 13.4. The molecule has 0 heterocycles. The summed E-state index contributed by atoms with van der Waals surface area (Å²) in [5, 5.41) is 11.6. The van der Waals surface area contributed by atoms with Crippen LogP contribution >= 0.6 is 0 Å². The fourth-order valence-electron chi connectivity index (χ4n) is 2.36. The molecular formula is C20H19FN2O3. The number of carbonyl (C=O) groups excluding carboxylic acids is 2. The van der Waals surface area contributed by atoms with Crippen LogP contribution in [0.1, 0.15) is 35.3 Å². The zero-order chi connectivity index (χ0) is 19.1. The molecule has 26 heavy (non-hydrogen) atoms. The highest BCUT2D eigenvalue weighted by atomic mass is 19.1. The lowest BCUT2D eigenvalue weighted by molar-refractivity contribution is -0.148. The Bertz CT molecular complexity index is 843. The molecule has 2 aromatic rings. The fraction of sp³-hybridized carbons (Fsp3) is 0.250. The topological polar surface area (TPSA) is 79.2 Å². The molecule has 0 bridgehead atoms. The van der Waals surface area contributed by atoms with Crippen molar-refractivity contribution in [1.29, 1.82) is 5.26 Å². The summed E-state index contributed by atoms with van der Waals surface area (Å²) in [5.74, 6) is -2.25. The van der Waals surface area contributed by atoms with Crippen LogP contribution in [0.3, 0.4) is 0 Å². The zero-order valence-electron chi connectivity index (χ0n) is 14.5. The van der Waals surface area contributed by atoms with Gasteiger partial charge in [0.05, 0.1) is 17.2 Å². The highest BCUT2D eigenvalue weighted by Gasteiger charge is 2.27. The molecule has 0 fully saturated rings. The normalized spacial score (nSPS) is 11.5. The number of ether oxygens (including phenoxy) is 1. The van der Waals surface area contributed by atoms with E-state index in [1.165, 1.54) is 18.2 Å². The van der Waals surface area contributed by atoms with Gasteiger partial charge in [0.15, 0.2) is 0 Å². The van der Waals surface area contributed by atoms with E-state index in [0.717, 1.165) is 0 Å². The average molecular weight is 354 g/mol. The largest absolute Gasteiger partial charge is 0.459 e. The third-order valence-corrected chi connectivity index (χ3v) is 3.83. The second kappa shape index (κ2) is 8.77. The summed E-state index contributed by atoms with van der Waals surface area (Å²) in [6.07, 6.45) is 0. The van der Waals surface area contributed by atoms with Crippen molar-refractivity contribution in [2.45, 2.75) is 26.5 Å². The Morgan fingerprint density at radius 2 is 1.81 bits per heavy atom. The van der Waals surface area contributed by atoms with Crippen molar-refractivity contribution in [3.05, 3.63) is 71.0 Å². The van der Waals surface area contributed by atoms with Gasteiger partial charge in [0, 0.05) is 5.56 Å². The summed E-state index contributed by atoms with van der Waals surface area (Å²) < 4.78 is 19.0. The number of benzene rings is 2. The Morgan fingerprint density at radius 1 is 1.15 bits per heavy atom. The smallest absolute Gasteiger partial charge is 0.329 e. The zero-order valence-corrected chi connectivity index (χ0v) is 14.5. The van der Waals surface area contributed by atoms with Gasteiger partial charge in [-0.2, -0.15) is 5.26 Å². The van der Waals surface area contributed by atoms with E-state index in [4.69, 9.17) is 10.00 Å². The van der Waals surface area contributed by atoms with Gasteiger partial charge in [-0.25, -0.2) is 9.18 Å². The SMILES string of the molecule is CC(C)[C@H](NC(=O)c1ccccc1F)C(=O)OCc1ccccc1C#N. The maximum atomic E-state index is 13.7. The summed E-state index contributed by atoms with van der Waals surface area (Å²) in [4.78, 5) is 24.7. The molecule has 0 radical (unpaired) electrons. The molecule has 1 amide bonds. The average Bonchev–Trinajstić information content (AvgIpc) is 2.64. The number of amides is 1. The molecule has 0 aromatic heterocycles. The van der Waals surface area contributed by atoms with Crippen molar-refractivity contribution in [3.63, 3.8) is 0 Å². The van der Waals surface area contributed by atoms with Gasteiger partial charge in [-0.05, 0) is 24.1 Å². The van der Waals surface area contributed by atoms with Crippen LogP contribution in [0.2, 0.25) is 0 Å². The molecule has 0 aliphatic heterocycles. The molecule has 1 N–H and O–H groups in total. The van der Waals surface area contributed by atoms with Crippen LogP contribution in [0, 0.1) is 23.1 Å². The van der Waals surface area contributed by atoms with Gasteiger partial charge in [0.25, 0.3) is 5.91 Å².